The van der Waals surface area contributed by atoms with Crippen molar-refractivity contribution in [2.24, 2.45) is 0 Å². The number of rotatable bonds is 3. The maximum atomic E-state index is 6.26. The average molecular weight is 340 g/mol. The molecule has 3 rings (SSSR count). The van der Waals surface area contributed by atoms with Crippen molar-refractivity contribution in [2.75, 3.05) is 26.2 Å². The molecular formula is C20H29BN2O2. The van der Waals surface area contributed by atoms with E-state index in [9.17, 15) is 0 Å². The molecule has 25 heavy (non-hydrogen) atoms. The molecule has 2 heterocycles. The van der Waals surface area contributed by atoms with Crippen LogP contribution in [0, 0.1) is 19.3 Å². The van der Waals surface area contributed by atoms with Crippen molar-refractivity contribution in [3.05, 3.63) is 28.8 Å². The summed E-state index contributed by atoms with van der Waals surface area (Å²) in [6, 6.07) is 4.17. The van der Waals surface area contributed by atoms with E-state index in [1.165, 1.54) is 11.1 Å². The normalized spacial score (nSPS) is 22.8. The molecule has 1 N–H and O–H groups in total. The average Bonchev–Trinajstić information content (AvgIpc) is 2.78. The fourth-order valence-corrected chi connectivity index (χ4v) is 3.37. The second kappa shape index (κ2) is 6.77. The first-order chi connectivity index (χ1) is 11.7. The third-order valence-electron chi connectivity index (χ3n) is 5.83. The molecule has 0 amide bonds. The quantitative estimate of drug-likeness (QED) is 0.671. The Morgan fingerprint density at radius 1 is 1.16 bits per heavy atom. The Hall–Kier alpha value is -1.32. The van der Waals surface area contributed by atoms with Crippen LogP contribution in [0.5, 0.6) is 0 Å². The maximum absolute atomic E-state index is 6.26. The maximum Gasteiger partial charge on any atom is 0.495 e. The smallest absolute Gasteiger partial charge is 0.399 e. The highest BCUT2D eigenvalue weighted by Crippen LogP contribution is 2.37. The molecule has 5 heteroatoms. The summed E-state index contributed by atoms with van der Waals surface area (Å²) in [5, 5.41) is 3.40. The molecule has 0 bridgehead atoms. The van der Waals surface area contributed by atoms with E-state index in [1.54, 1.807) is 0 Å². The van der Waals surface area contributed by atoms with Gasteiger partial charge in [-0.3, -0.25) is 4.90 Å². The third kappa shape index (κ3) is 3.63. The summed E-state index contributed by atoms with van der Waals surface area (Å²) in [6.07, 6.45) is 5.72. The van der Waals surface area contributed by atoms with Crippen molar-refractivity contribution in [1.82, 2.24) is 10.2 Å². The summed E-state index contributed by atoms with van der Waals surface area (Å²) in [5.41, 5.74) is 3.72. The van der Waals surface area contributed by atoms with Crippen LogP contribution in [-0.4, -0.2) is 49.4 Å². The van der Waals surface area contributed by atoms with E-state index < -0.39 is 0 Å². The van der Waals surface area contributed by atoms with E-state index in [2.05, 4.69) is 56.8 Å². The zero-order valence-electron chi connectivity index (χ0n) is 16.1. The molecule has 0 aliphatic carbocycles. The Balaban J connectivity index is 1.92. The van der Waals surface area contributed by atoms with E-state index in [0.717, 1.165) is 43.8 Å². The summed E-state index contributed by atoms with van der Waals surface area (Å²) < 4.78 is 12.5. The zero-order valence-corrected chi connectivity index (χ0v) is 16.1. The summed E-state index contributed by atoms with van der Waals surface area (Å²) in [6.45, 7) is 15.6. The number of hydrogen-bond donors (Lipinski definition) is 1. The monoisotopic (exact) mass is 340 g/mol. The van der Waals surface area contributed by atoms with Gasteiger partial charge in [-0.2, -0.15) is 0 Å². The largest absolute Gasteiger partial charge is 0.495 e. The predicted octanol–water partition coefficient (Wildman–Crippen LogP) is 1.68. The Kier molecular flexibility index (Phi) is 5.01. The lowest BCUT2D eigenvalue weighted by atomic mass is 9.74. The van der Waals surface area contributed by atoms with Crippen molar-refractivity contribution in [3.63, 3.8) is 0 Å². The van der Waals surface area contributed by atoms with Crippen LogP contribution < -0.4 is 10.8 Å². The molecule has 0 unspecified atom stereocenters. The number of benzene rings is 1. The highest BCUT2D eigenvalue weighted by Gasteiger charge is 2.52. The van der Waals surface area contributed by atoms with E-state index in [1.807, 2.05) is 6.07 Å². The number of terminal acetylenes is 1. The lowest BCUT2D eigenvalue weighted by Gasteiger charge is -2.32. The van der Waals surface area contributed by atoms with Crippen LogP contribution in [0.15, 0.2) is 12.1 Å². The molecule has 0 aromatic heterocycles. The second-order valence-electron chi connectivity index (χ2n) is 8.11. The predicted molar refractivity (Wildman–Crippen MR) is 103 cm³/mol. The van der Waals surface area contributed by atoms with Gasteiger partial charge in [0.15, 0.2) is 0 Å². The van der Waals surface area contributed by atoms with Gasteiger partial charge in [-0.15, -0.1) is 6.42 Å². The summed E-state index contributed by atoms with van der Waals surface area (Å²) >= 11 is 0. The molecule has 0 radical (unpaired) electrons. The number of nitrogens with one attached hydrogen (secondary N) is 1. The Bertz CT molecular complexity index is 672. The fraction of sp³-hybridized carbons (Fsp3) is 0.600. The molecule has 0 atom stereocenters. The van der Waals surface area contributed by atoms with Gasteiger partial charge in [0, 0.05) is 38.3 Å². The molecule has 1 aromatic rings. The van der Waals surface area contributed by atoms with Crippen molar-refractivity contribution in [1.29, 1.82) is 0 Å². The van der Waals surface area contributed by atoms with Crippen molar-refractivity contribution >= 4 is 12.6 Å². The van der Waals surface area contributed by atoms with Gasteiger partial charge in [0.25, 0.3) is 0 Å². The van der Waals surface area contributed by atoms with Crippen LogP contribution >= 0.6 is 0 Å². The summed E-state index contributed by atoms with van der Waals surface area (Å²) in [5.74, 6) is 2.80. The van der Waals surface area contributed by atoms with Crippen molar-refractivity contribution in [2.45, 2.75) is 52.4 Å². The molecule has 4 nitrogen and oxygen atoms in total. The minimum absolute atomic E-state index is 0.352. The first-order valence-electron chi connectivity index (χ1n) is 9.12. The molecule has 2 aliphatic rings. The Labute approximate surface area is 152 Å². The SMILES string of the molecule is C#Cc1cc(CN2CCNCC2)c(C)c(B2OC(C)(C)C(C)(C)O2)c1. The van der Waals surface area contributed by atoms with Gasteiger partial charge in [-0.25, -0.2) is 0 Å². The van der Waals surface area contributed by atoms with Crippen molar-refractivity contribution in [3.8, 4) is 12.3 Å². The van der Waals surface area contributed by atoms with Crippen LogP contribution in [-0.2, 0) is 15.9 Å². The van der Waals surface area contributed by atoms with Gasteiger partial charge >= 0.3 is 7.12 Å². The molecular weight excluding hydrogens is 311 g/mol. The first-order valence-corrected chi connectivity index (χ1v) is 9.12. The van der Waals surface area contributed by atoms with Gasteiger partial charge in [-0.1, -0.05) is 5.92 Å². The van der Waals surface area contributed by atoms with E-state index in [0.29, 0.717) is 0 Å². The summed E-state index contributed by atoms with van der Waals surface area (Å²) in [7, 11) is -0.375. The Morgan fingerprint density at radius 2 is 1.76 bits per heavy atom. The van der Waals surface area contributed by atoms with Crippen molar-refractivity contribution < 1.29 is 9.31 Å². The standard InChI is InChI=1S/C20H29BN2O2/c1-7-16-12-17(14-23-10-8-22-9-11-23)15(2)18(13-16)21-24-19(3,4)20(5,6)25-21/h1,12-13,22H,8-11,14H2,2-6H3. The van der Waals surface area contributed by atoms with Crippen LogP contribution in [0.4, 0.5) is 0 Å². The Morgan fingerprint density at radius 3 is 2.32 bits per heavy atom. The van der Waals surface area contributed by atoms with Crippen LogP contribution in [0.3, 0.4) is 0 Å². The van der Waals surface area contributed by atoms with Gasteiger partial charge < -0.3 is 14.6 Å². The lowest BCUT2D eigenvalue weighted by Crippen LogP contribution is -2.43. The summed E-state index contributed by atoms with van der Waals surface area (Å²) in [4.78, 5) is 2.47. The van der Waals surface area contributed by atoms with Gasteiger partial charge in [0.1, 0.15) is 0 Å². The number of hydrogen-bond acceptors (Lipinski definition) is 4. The lowest BCUT2D eigenvalue weighted by molar-refractivity contribution is 0.00578. The second-order valence-corrected chi connectivity index (χ2v) is 8.11. The van der Waals surface area contributed by atoms with Crippen LogP contribution in [0.25, 0.3) is 0 Å². The van der Waals surface area contributed by atoms with Gasteiger partial charge in [0.2, 0.25) is 0 Å². The number of piperazine rings is 1. The van der Waals surface area contributed by atoms with Crippen LogP contribution in [0.2, 0.25) is 0 Å². The molecule has 2 fully saturated rings. The molecule has 2 saturated heterocycles. The molecule has 2 aliphatic heterocycles. The molecule has 0 saturated carbocycles. The molecule has 0 spiro atoms. The molecule has 1 aromatic carbocycles. The highest BCUT2D eigenvalue weighted by molar-refractivity contribution is 6.62. The van der Waals surface area contributed by atoms with E-state index in [-0.39, 0.29) is 18.3 Å². The number of nitrogens with zero attached hydrogens (tertiary/aromatic N) is 1. The fourth-order valence-electron chi connectivity index (χ4n) is 3.37. The minimum atomic E-state index is -0.375. The van der Waals surface area contributed by atoms with E-state index >= 15 is 0 Å². The minimum Gasteiger partial charge on any atom is -0.399 e. The third-order valence-corrected chi connectivity index (χ3v) is 5.83. The topological polar surface area (TPSA) is 33.7 Å². The molecule has 134 valence electrons. The zero-order chi connectivity index (χ0) is 18.2. The van der Waals surface area contributed by atoms with Gasteiger partial charge in [-0.05, 0) is 63.3 Å². The first kappa shape index (κ1) is 18.5. The van der Waals surface area contributed by atoms with Gasteiger partial charge in [0.05, 0.1) is 11.2 Å². The highest BCUT2D eigenvalue weighted by atomic mass is 16.7. The van der Waals surface area contributed by atoms with E-state index in [4.69, 9.17) is 15.7 Å². The van der Waals surface area contributed by atoms with Crippen LogP contribution in [0.1, 0.15) is 44.4 Å².